The van der Waals surface area contributed by atoms with Gasteiger partial charge < -0.3 is 15.5 Å². The molecule has 1 heterocycles. The highest BCUT2D eigenvalue weighted by Gasteiger charge is 2.29. The first-order valence-corrected chi connectivity index (χ1v) is 7.24. The number of aryl methyl sites for hydroxylation is 1. The number of hydrogen-bond acceptors (Lipinski definition) is 3. The van der Waals surface area contributed by atoms with Crippen molar-refractivity contribution in [3.63, 3.8) is 0 Å². The molecule has 0 unspecified atom stereocenters. The Balaban J connectivity index is 1.79. The highest BCUT2D eigenvalue weighted by Crippen LogP contribution is 2.24. The van der Waals surface area contributed by atoms with Crippen molar-refractivity contribution in [3.05, 3.63) is 24.2 Å². The Morgan fingerprint density at radius 3 is 3.00 bits per heavy atom. The molecular formula is C15H24N2O2. The van der Waals surface area contributed by atoms with Crippen molar-refractivity contribution in [2.75, 3.05) is 0 Å². The summed E-state index contributed by atoms with van der Waals surface area (Å²) in [5, 5.41) is 3.57. The summed E-state index contributed by atoms with van der Waals surface area (Å²) in [7, 11) is 0. The summed E-state index contributed by atoms with van der Waals surface area (Å²) in [6.07, 6.45) is 7.93. The summed E-state index contributed by atoms with van der Waals surface area (Å²) in [5.74, 6) is 0.860. The van der Waals surface area contributed by atoms with Gasteiger partial charge in [0.15, 0.2) is 0 Å². The van der Waals surface area contributed by atoms with Crippen LogP contribution in [0.15, 0.2) is 22.8 Å². The van der Waals surface area contributed by atoms with E-state index in [9.17, 15) is 4.79 Å². The Kier molecular flexibility index (Phi) is 5.02. The molecule has 0 aromatic carbocycles. The van der Waals surface area contributed by atoms with Crippen molar-refractivity contribution in [1.29, 1.82) is 0 Å². The van der Waals surface area contributed by atoms with Crippen LogP contribution in [0.4, 0.5) is 0 Å². The standard InChI is InChI=1S/C15H24N2O2/c1-11(8-9-12-5-4-10-19-12)17-14-7-3-2-6-13(14)15(16)18/h4-5,10-11,13-14,17H,2-3,6-9H2,1H3,(H2,16,18)/t11-,13-,14-/m1/s1. The average Bonchev–Trinajstić information content (AvgIpc) is 2.90. The minimum Gasteiger partial charge on any atom is -0.469 e. The molecule has 1 amide bonds. The van der Waals surface area contributed by atoms with Gasteiger partial charge in [0, 0.05) is 18.5 Å². The zero-order valence-corrected chi connectivity index (χ0v) is 11.6. The molecule has 4 nitrogen and oxygen atoms in total. The van der Waals surface area contributed by atoms with Crippen LogP contribution in [-0.2, 0) is 11.2 Å². The second-order valence-electron chi connectivity index (χ2n) is 5.59. The minimum absolute atomic E-state index is 0.000173. The summed E-state index contributed by atoms with van der Waals surface area (Å²) >= 11 is 0. The van der Waals surface area contributed by atoms with Crippen molar-refractivity contribution in [3.8, 4) is 0 Å². The third-order valence-electron chi connectivity index (χ3n) is 4.03. The number of rotatable bonds is 6. The van der Waals surface area contributed by atoms with Gasteiger partial charge in [-0.1, -0.05) is 12.8 Å². The van der Waals surface area contributed by atoms with Crippen LogP contribution in [0.5, 0.6) is 0 Å². The van der Waals surface area contributed by atoms with Crippen molar-refractivity contribution in [2.45, 2.75) is 57.5 Å². The van der Waals surface area contributed by atoms with E-state index in [1.165, 1.54) is 6.42 Å². The predicted octanol–water partition coefficient (Wildman–Crippen LogP) is 2.23. The van der Waals surface area contributed by atoms with E-state index in [0.717, 1.165) is 37.9 Å². The second kappa shape index (κ2) is 6.75. The lowest BCUT2D eigenvalue weighted by Crippen LogP contribution is -2.47. The van der Waals surface area contributed by atoms with Gasteiger partial charge in [0.2, 0.25) is 5.91 Å². The molecule has 0 saturated heterocycles. The normalized spacial score (nSPS) is 25.1. The molecule has 0 aliphatic heterocycles. The third kappa shape index (κ3) is 4.10. The van der Waals surface area contributed by atoms with Crippen LogP contribution < -0.4 is 11.1 Å². The Morgan fingerprint density at radius 1 is 1.53 bits per heavy atom. The minimum atomic E-state index is -0.157. The quantitative estimate of drug-likeness (QED) is 0.828. The predicted molar refractivity (Wildman–Crippen MR) is 74.6 cm³/mol. The van der Waals surface area contributed by atoms with Gasteiger partial charge in [-0.15, -0.1) is 0 Å². The fourth-order valence-electron chi connectivity index (χ4n) is 2.93. The number of hydrogen-bond donors (Lipinski definition) is 2. The third-order valence-corrected chi connectivity index (χ3v) is 4.03. The van der Waals surface area contributed by atoms with Crippen LogP contribution in [0.25, 0.3) is 0 Å². The Hall–Kier alpha value is -1.29. The van der Waals surface area contributed by atoms with Crippen molar-refractivity contribution >= 4 is 5.91 Å². The Morgan fingerprint density at radius 2 is 2.32 bits per heavy atom. The topological polar surface area (TPSA) is 68.3 Å². The lowest BCUT2D eigenvalue weighted by Gasteiger charge is -2.32. The molecule has 1 aliphatic rings. The summed E-state index contributed by atoms with van der Waals surface area (Å²) in [4.78, 5) is 11.5. The van der Waals surface area contributed by atoms with Gasteiger partial charge in [-0.3, -0.25) is 4.79 Å². The van der Waals surface area contributed by atoms with E-state index >= 15 is 0 Å². The second-order valence-corrected chi connectivity index (χ2v) is 5.59. The molecule has 1 aromatic rings. The zero-order valence-electron chi connectivity index (χ0n) is 11.6. The monoisotopic (exact) mass is 264 g/mol. The van der Waals surface area contributed by atoms with Gasteiger partial charge in [0.05, 0.1) is 12.2 Å². The van der Waals surface area contributed by atoms with E-state index in [2.05, 4.69) is 12.2 Å². The first-order valence-electron chi connectivity index (χ1n) is 7.24. The van der Waals surface area contributed by atoms with E-state index < -0.39 is 0 Å². The molecule has 0 spiro atoms. The number of furan rings is 1. The average molecular weight is 264 g/mol. The maximum Gasteiger partial charge on any atom is 0.222 e. The van der Waals surface area contributed by atoms with Gasteiger partial charge in [0.1, 0.15) is 5.76 Å². The molecule has 1 fully saturated rings. The first-order chi connectivity index (χ1) is 9.16. The number of carbonyl (C=O) groups is 1. The van der Waals surface area contributed by atoms with Crippen LogP contribution in [0.2, 0.25) is 0 Å². The molecule has 1 saturated carbocycles. The number of nitrogens with one attached hydrogen (secondary N) is 1. The van der Waals surface area contributed by atoms with Crippen molar-refractivity contribution in [2.24, 2.45) is 11.7 Å². The highest BCUT2D eigenvalue weighted by molar-refractivity contribution is 5.77. The molecule has 3 atom stereocenters. The Bertz CT molecular complexity index is 389. The fourth-order valence-corrected chi connectivity index (χ4v) is 2.93. The molecule has 0 radical (unpaired) electrons. The van der Waals surface area contributed by atoms with Crippen LogP contribution in [0, 0.1) is 5.92 Å². The zero-order chi connectivity index (χ0) is 13.7. The molecule has 3 N–H and O–H groups in total. The summed E-state index contributed by atoms with van der Waals surface area (Å²) < 4.78 is 5.33. The number of primary amides is 1. The molecule has 1 aliphatic carbocycles. The van der Waals surface area contributed by atoms with Crippen molar-refractivity contribution in [1.82, 2.24) is 5.32 Å². The molecule has 19 heavy (non-hydrogen) atoms. The highest BCUT2D eigenvalue weighted by atomic mass is 16.3. The van der Waals surface area contributed by atoms with E-state index in [-0.39, 0.29) is 17.9 Å². The van der Waals surface area contributed by atoms with E-state index in [0.29, 0.717) is 6.04 Å². The van der Waals surface area contributed by atoms with E-state index in [1.54, 1.807) is 6.26 Å². The number of amides is 1. The molecule has 4 heteroatoms. The number of nitrogens with two attached hydrogens (primary N) is 1. The lowest BCUT2D eigenvalue weighted by atomic mass is 9.83. The molecule has 1 aromatic heterocycles. The fraction of sp³-hybridized carbons (Fsp3) is 0.667. The molecule has 0 bridgehead atoms. The summed E-state index contributed by atoms with van der Waals surface area (Å²) in [6.45, 7) is 2.16. The maximum absolute atomic E-state index is 11.5. The van der Waals surface area contributed by atoms with Gasteiger partial charge in [0.25, 0.3) is 0 Å². The largest absolute Gasteiger partial charge is 0.469 e. The summed E-state index contributed by atoms with van der Waals surface area (Å²) in [6, 6.07) is 4.53. The Labute approximate surface area is 114 Å². The van der Waals surface area contributed by atoms with Crippen LogP contribution in [-0.4, -0.2) is 18.0 Å². The van der Waals surface area contributed by atoms with Crippen LogP contribution >= 0.6 is 0 Å². The SMILES string of the molecule is C[C@H](CCc1ccco1)N[C@@H]1CCCC[C@H]1C(N)=O. The first kappa shape index (κ1) is 14.1. The van der Waals surface area contributed by atoms with Crippen molar-refractivity contribution < 1.29 is 9.21 Å². The summed E-state index contributed by atoms with van der Waals surface area (Å²) in [5.41, 5.74) is 5.49. The number of carbonyl (C=O) groups excluding carboxylic acids is 1. The van der Waals surface area contributed by atoms with Gasteiger partial charge in [-0.05, 0) is 38.3 Å². The van der Waals surface area contributed by atoms with Gasteiger partial charge in [-0.2, -0.15) is 0 Å². The van der Waals surface area contributed by atoms with Crippen LogP contribution in [0.3, 0.4) is 0 Å². The van der Waals surface area contributed by atoms with Gasteiger partial charge >= 0.3 is 0 Å². The molecular weight excluding hydrogens is 240 g/mol. The van der Waals surface area contributed by atoms with Gasteiger partial charge in [-0.25, -0.2) is 0 Å². The molecule has 106 valence electrons. The smallest absolute Gasteiger partial charge is 0.222 e. The molecule has 2 rings (SSSR count). The van der Waals surface area contributed by atoms with Crippen LogP contribution in [0.1, 0.15) is 44.8 Å². The lowest BCUT2D eigenvalue weighted by molar-refractivity contribution is -0.123. The van der Waals surface area contributed by atoms with E-state index in [4.69, 9.17) is 10.2 Å². The maximum atomic E-state index is 11.5. The van der Waals surface area contributed by atoms with E-state index in [1.807, 2.05) is 12.1 Å².